The van der Waals surface area contributed by atoms with Crippen LogP contribution in [0.4, 0.5) is 0 Å². The molecular weight excluding hydrogens is 238 g/mol. The minimum atomic E-state index is -0.0458. The zero-order chi connectivity index (χ0) is 13.7. The topological polar surface area (TPSA) is 42.1 Å². The third-order valence-electron chi connectivity index (χ3n) is 3.15. The fourth-order valence-corrected chi connectivity index (χ4v) is 2.06. The Hall–Kier alpha value is -1.87. The lowest BCUT2D eigenvalue weighted by Gasteiger charge is -2.07. The van der Waals surface area contributed by atoms with Crippen LogP contribution in [-0.2, 0) is 24.4 Å². The molecule has 1 aromatic heterocycles. The summed E-state index contributed by atoms with van der Waals surface area (Å²) in [6.07, 6.45) is 0.840. The number of nitrogens with one attached hydrogen (secondary N) is 1. The van der Waals surface area contributed by atoms with Crippen molar-refractivity contribution < 1.29 is 4.74 Å². The van der Waals surface area contributed by atoms with Gasteiger partial charge in [0.15, 0.2) is 0 Å². The molecule has 0 saturated carbocycles. The standard InChI is InChI=1S/C16H19NO2/c1-3-15-12(2)9-14(16(18)17-15)11-19-10-13-7-5-4-6-8-13/h4-9H,3,10-11H2,1-2H3,(H,17,18). The predicted molar refractivity (Wildman–Crippen MR) is 76.1 cm³/mol. The number of ether oxygens (including phenoxy) is 1. The molecule has 0 aliphatic carbocycles. The van der Waals surface area contributed by atoms with Gasteiger partial charge in [0, 0.05) is 11.3 Å². The van der Waals surface area contributed by atoms with Gasteiger partial charge in [-0.05, 0) is 30.5 Å². The smallest absolute Gasteiger partial charge is 0.253 e. The van der Waals surface area contributed by atoms with Gasteiger partial charge in [0.1, 0.15) is 0 Å². The Balaban J connectivity index is 2.00. The number of hydrogen-bond donors (Lipinski definition) is 1. The third kappa shape index (κ3) is 3.55. The Kier molecular flexibility index (Phi) is 4.53. The van der Waals surface area contributed by atoms with Crippen molar-refractivity contribution in [3.05, 3.63) is 69.1 Å². The number of aromatic nitrogens is 1. The van der Waals surface area contributed by atoms with Crippen LogP contribution in [-0.4, -0.2) is 4.98 Å². The van der Waals surface area contributed by atoms with Crippen LogP contribution in [0.15, 0.2) is 41.2 Å². The van der Waals surface area contributed by atoms with E-state index in [2.05, 4.69) is 4.98 Å². The van der Waals surface area contributed by atoms with E-state index >= 15 is 0 Å². The highest BCUT2D eigenvalue weighted by Crippen LogP contribution is 2.07. The van der Waals surface area contributed by atoms with Gasteiger partial charge in [-0.1, -0.05) is 37.3 Å². The lowest BCUT2D eigenvalue weighted by molar-refractivity contribution is 0.106. The molecule has 2 aromatic rings. The van der Waals surface area contributed by atoms with Gasteiger partial charge in [-0.2, -0.15) is 0 Å². The minimum absolute atomic E-state index is 0.0458. The molecule has 0 fully saturated rings. The van der Waals surface area contributed by atoms with E-state index in [0.717, 1.165) is 23.2 Å². The highest BCUT2D eigenvalue weighted by Gasteiger charge is 2.04. The summed E-state index contributed by atoms with van der Waals surface area (Å²) in [4.78, 5) is 14.8. The van der Waals surface area contributed by atoms with E-state index in [-0.39, 0.29) is 5.56 Å². The molecule has 0 aliphatic rings. The molecular formula is C16H19NO2. The van der Waals surface area contributed by atoms with Gasteiger partial charge >= 0.3 is 0 Å². The van der Waals surface area contributed by atoms with E-state index in [0.29, 0.717) is 18.8 Å². The van der Waals surface area contributed by atoms with Crippen LogP contribution in [0.2, 0.25) is 0 Å². The number of pyridine rings is 1. The molecule has 19 heavy (non-hydrogen) atoms. The van der Waals surface area contributed by atoms with Crippen molar-refractivity contribution in [3.8, 4) is 0 Å². The Morgan fingerprint density at radius 3 is 2.58 bits per heavy atom. The van der Waals surface area contributed by atoms with Gasteiger partial charge < -0.3 is 9.72 Å². The fourth-order valence-electron chi connectivity index (χ4n) is 2.06. The van der Waals surface area contributed by atoms with E-state index in [4.69, 9.17) is 4.74 Å². The van der Waals surface area contributed by atoms with Crippen molar-refractivity contribution >= 4 is 0 Å². The van der Waals surface area contributed by atoms with Gasteiger partial charge in [-0.25, -0.2) is 0 Å². The summed E-state index contributed by atoms with van der Waals surface area (Å²) in [6.45, 7) is 4.91. The van der Waals surface area contributed by atoms with Gasteiger partial charge in [-0.15, -0.1) is 0 Å². The quantitative estimate of drug-likeness (QED) is 0.894. The molecule has 0 aliphatic heterocycles. The zero-order valence-corrected chi connectivity index (χ0v) is 11.4. The second kappa shape index (κ2) is 6.34. The number of hydrogen-bond acceptors (Lipinski definition) is 2. The van der Waals surface area contributed by atoms with E-state index in [1.165, 1.54) is 0 Å². The lowest BCUT2D eigenvalue weighted by Crippen LogP contribution is -2.16. The van der Waals surface area contributed by atoms with Crippen LogP contribution >= 0.6 is 0 Å². The van der Waals surface area contributed by atoms with Crippen LogP contribution in [0, 0.1) is 6.92 Å². The highest BCUT2D eigenvalue weighted by molar-refractivity contribution is 5.23. The molecule has 1 aromatic carbocycles. The summed E-state index contributed by atoms with van der Waals surface area (Å²) >= 11 is 0. The Bertz CT molecular complexity index is 587. The molecule has 0 radical (unpaired) electrons. The van der Waals surface area contributed by atoms with Crippen molar-refractivity contribution in [1.82, 2.24) is 4.98 Å². The molecule has 100 valence electrons. The first-order valence-electron chi connectivity index (χ1n) is 6.54. The van der Waals surface area contributed by atoms with Crippen LogP contribution < -0.4 is 5.56 Å². The average Bonchev–Trinajstić information content (AvgIpc) is 2.43. The normalized spacial score (nSPS) is 10.6. The lowest BCUT2D eigenvalue weighted by atomic mass is 10.1. The van der Waals surface area contributed by atoms with Gasteiger partial charge in [0.2, 0.25) is 0 Å². The molecule has 3 nitrogen and oxygen atoms in total. The van der Waals surface area contributed by atoms with Gasteiger partial charge in [0.25, 0.3) is 5.56 Å². The Labute approximate surface area is 113 Å². The average molecular weight is 257 g/mol. The molecule has 0 unspecified atom stereocenters. The van der Waals surface area contributed by atoms with Crippen LogP contribution in [0.3, 0.4) is 0 Å². The molecule has 0 amide bonds. The first-order chi connectivity index (χ1) is 9.20. The molecule has 1 heterocycles. The maximum Gasteiger partial charge on any atom is 0.253 e. The summed E-state index contributed by atoms with van der Waals surface area (Å²) in [7, 11) is 0. The second-order valence-electron chi connectivity index (χ2n) is 4.62. The highest BCUT2D eigenvalue weighted by atomic mass is 16.5. The largest absolute Gasteiger partial charge is 0.372 e. The number of rotatable bonds is 5. The summed E-state index contributed by atoms with van der Waals surface area (Å²) in [5.41, 5.74) is 3.86. The summed E-state index contributed by atoms with van der Waals surface area (Å²) in [5, 5.41) is 0. The van der Waals surface area contributed by atoms with Gasteiger partial charge in [0.05, 0.1) is 13.2 Å². The van der Waals surface area contributed by atoms with Crippen molar-refractivity contribution in [3.63, 3.8) is 0 Å². The number of aromatic amines is 1. The molecule has 1 N–H and O–H groups in total. The van der Waals surface area contributed by atoms with Crippen molar-refractivity contribution in [1.29, 1.82) is 0 Å². The SMILES string of the molecule is CCc1[nH]c(=O)c(COCc2ccccc2)cc1C. The predicted octanol–water partition coefficient (Wildman–Crippen LogP) is 2.96. The van der Waals surface area contributed by atoms with Crippen LogP contribution in [0.25, 0.3) is 0 Å². The Morgan fingerprint density at radius 1 is 1.16 bits per heavy atom. The van der Waals surface area contributed by atoms with E-state index in [1.807, 2.05) is 50.2 Å². The Morgan fingerprint density at radius 2 is 1.89 bits per heavy atom. The van der Waals surface area contributed by atoms with Crippen LogP contribution in [0.5, 0.6) is 0 Å². The molecule has 0 spiro atoms. The van der Waals surface area contributed by atoms with E-state index in [9.17, 15) is 4.79 Å². The summed E-state index contributed by atoms with van der Waals surface area (Å²) in [6, 6.07) is 11.9. The molecule has 0 atom stereocenters. The number of H-pyrrole nitrogens is 1. The molecule has 2 rings (SSSR count). The molecule has 0 bridgehead atoms. The molecule has 0 saturated heterocycles. The monoisotopic (exact) mass is 257 g/mol. The van der Waals surface area contributed by atoms with E-state index in [1.54, 1.807) is 0 Å². The maximum absolute atomic E-state index is 11.9. The second-order valence-corrected chi connectivity index (χ2v) is 4.62. The van der Waals surface area contributed by atoms with Crippen molar-refractivity contribution in [2.45, 2.75) is 33.5 Å². The first kappa shape index (κ1) is 13.6. The van der Waals surface area contributed by atoms with Gasteiger partial charge in [-0.3, -0.25) is 4.79 Å². The number of aryl methyl sites for hydroxylation is 2. The van der Waals surface area contributed by atoms with Crippen molar-refractivity contribution in [2.24, 2.45) is 0 Å². The summed E-state index contributed by atoms with van der Waals surface area (Å²) < 4.78 is 5.60. The first-order valence-corrected chi connectivity index (χ1v) is 6.54. The molecule has 3 heteroatoms. The summed E-state index contributed by atoms with van der Waals surface area (Å²) in [5.74, 6) is 0. The zero-order valence-electron chi connectivity index (χ0n) is 11.4. The van der Waals surface area contributed by atoms with Crippen LogP contribution in [0.1, 0.15) is 29.3 Å². The van der Waals surface area contributed by atoms with E-state index < -0.39 is 0 Å². The maximum atomic E-state index is 11.9. The fraction of sp³-hybridized carbons (Fsp3) is 0.312. The minimum Gasteiger partial charge on any atom is -0.372 e. The van der Waals surface area contributed by atoms with Crippen molar-refractivity contribution in [2.75, 3.05) is 0 Å². The number of benzene rings is 1. The third-order valence-corrected chi connectivity index (χ3v) is 3.15.